The van der Waals surface area contributed by atoms with Crippen molar-refractivity contribution in [1.82, 2.24) is 5.43 Å². The summed E-state index contributed by atoms with van der Waals surface area (Å²) >= 11 is 5.48. The predicted octanol–water partition coefficient (Wildman–Crippen LogP) is 9.55. The topological polar surface area (TPSA) is 40.0 Å². The van der Waals surface area contributed by atoms with E-state index in [2.05, 4.69) is 116 Å². The highest BCUT2D eigenvalue weighted by molar-refractivity contribution is 8.43. The van der Waals surface area contributed by atoms with Gasteiger partial charge in [0.25, 0.3) is 0 Å². The van der Waals surface area contributed by atoms with Crippen molar-refractivity contribution in [3.63, 3.8) is 0 Å². The summed E-state index contributed by atoms with van der Waals surface area (Å²) in [7, 11) is 3.98. The first-order chi connectivity index (χ1) is 19.9. The molecule has 0 fully saturated rings. The van der Waals surface area contributed by atoms with Gasteiger partial charge in [-0.25, -0.2) is 0 Å². The zero-order valence-electron chi connectivity index (χ0n) is 24.7. The Balaban J connectivity index is 1.50. The molecule has 1 aliphatic carbocycles. The van der Waals surface area contributed by atoms with E-state index in [4.69, 9.17) is 5.10 Å². The van der Waals surface area contributed by atoms with Crippen LogP contribution in [0.2, 0.25) is 0 Å². The van der Waals surface area contributed by atoms with Gasteiger partial charge in [-0.05, 0) is 86.1 Å². The van der Waals surface area contributed by atoms with Crippen LogP contribution in [0, 0.1) is 6.92 Å². The van der Waals surface area contributed by atoms with Crippen LogP contribution < -0.4 is 10.3 Å². The summed E-state index contributed by atoms with van der Waals surface area (Å²) in [5.41, 5.74) is 13.3. The first-order valence-electron chi connectivity index (χ1n) is 13.9. The number of hydrogen-bond donors (Lipinski definition) is 1. The van der Waals surface area contributed by atoms with Crippen LogP contribution in [0.25, 0.3) is 6.08 Å². The fraction of sp³-hybridized carbons (Fsp3) is 0.294. The molecule has 0 saturated heterocycles. The number of hydrazone groups is 1. The minimum atomic E-state index is 0.201. The molecule has 2 aromatic rings. The van der Waals surface area contributed by atoms with Crippen molar-refractivity contribution in [2.24, 2.45) is 10.1 Å². The standard InChI is InChI=1S/C34H40N4S3/c1-7-27-17-19-28(20-18-27)23-39-33-36-37-34(41-33)40-32-29(21-15-25(3)35-5)12-10-13-30(32)22-16-26(4)38(6)31-14-9-8-11-24(31)2/h7-9,11,14-22,33,36H,1,10,12-13,23H2,2-6H3/b21-15+,26-16+,30-22+,35-25-. The van der Waals surface area contributed by atoms with Crippen LogP contribution in [0.15, 0.2) is 111 Å². The van der Waals surface area contributed by atoms with E-state index in [0.29, 0.717) is 0 Å². The van der Waals surface area contributed by atoms with Crippen LogP contribution in [0.1, 0.15) is 49.8 Å². The van der Waals surface area contributed by atoms with Crippen LogP contribution in [0.3, 0.4) is 0 Å². The van der Waals surface area contributed by atoms with Crippen molar-refractivity contribution in [2.75, 3.05) is 19.0 Å². The van der Waals surface area contributed by atoms with Gasteiger partial charge in [0.2, 0.25) is 0 Å². The highest BCUT2D eigenvalue weighted by Crippen LogP contribution is 2.43. The number of benzene rings is 2. The van der Waals surface area contributed by atoms with Crippen LogP contribution in [0.5, 0.6) is 0 Å². The smallest absolute Gasteiger partial charge is 0.157 e. The molecule has 1 aliphatic heterocycles. The second-order valence-corrected chi connectivity index (χ2v) is 13.8. The maximum absolute atomic E-state index is 4.73. The van der Waals surface area contributed by atoms with Crippen molar-refractivity contribution in [3.8, 4) is 0 Å². The lowest BCUT2D eigenvalue weighted by Crippen LogP contribution is -2.15. The Labute approximate surface area is 258 Å². The van der Waals surface area contributed by atoms with Crippen molar-refractivity contribution in [3.05, 3.63) is 118 Å². The molecule has 7 heteroatoms. The van der Waals surface area contributed by atoms with Crippen LogP contribution in [-0.2, 0) is 5.75 Å². The molecule has 2 aliphatic rings. The zero-order chi connectivity index (χ0) is 29.2. The average molecular weight is 601 g/mol. The molecule has 0 saturated carbocycles. The molecular formula is C34H40N4S3. The fourth-order valence-corrected chi connectivity index (χ4v) is 8.08. The largest absolute Gasteiger partial charge is 0.348 e. The number of aliphatic imine (C=N–C) groups is 1. The van der Waals surface area contributed by atoms with Gasteiger partial charge in [0.15, 0.2) is 4.38 Å². The molecule has 1 atom stereocenters. The molecule has 0 spiro atoms. The number of nitrogens with zero attached hydrogens (tertiary/aromatic N) is 3. The van der Waals surface area contributed by atoms with E-state index in [9.17, 15) is 0 Å². The lowest BCUT2D eigenvalue weighted by molar-refractivity contribution is 0.793. The highest BCUT2D eigenvalue weighted by atomic mass is 32.2. The SMILES string of the molecule is C=Cc1ccc(CSC2NN=C(SC3=C(/C=C/C(C)=N\C)CCC/C3=C\C=C(/C)N(C)c3ccccc3C)S2)cc1. The van der Waals surface area contributed by atoms with Crippen molar-refractivity contribution in [1.29, 1.82) is 0 Å². The van der Waals surface area contributed by atoms with E-state index >= 15 is 0 Å². The number of aryl methyl sites for hydroxylation is 1. The van der Waals surface area contributed by atoms with Crippen molar-refractivity contribution < 1.29 is 0 Å². The molecule has 2 aromatic carbocycles. The van der Waals surface area contributed by atoms with Crippen molar-refractivity contribution in [2.45, 2.75) is 50.5 Å². The Kier molecular flexibility index (Phi) is 11.7. The molecule has 0 amide bonds. The normalized spacial score (nSPS) is 19.1. The molecule has 1 N–H and O–H groups in total. The number of nitrogens with one attached hydrogen (secondary N) is 1. The molecule has 1 heterocycles. The molecule has 0 aromatic heterocycles. The fourth-order valence-electron chi connectivity index (χ4n) is 4.49. The second kappa shape index (κ2) is 15.4. The van der Waals surface area contributed by atoms with Gasteiger partial charge in [-0.1, -0.05) is 90.8 Å². The number of rotatable bonds is 10. The second-order valence-electron chi connectivity index (χ2n) is 10.1. The summed E-state index contributed by atoms with van der Waals surface area (Å²) in [6.07, 6.45) is 14.1. The molecule has 0 radical (unpaired) electrons. The van der Waals surface area contributed by atoms with Gasteiger partial charge in [0, 0.05) is 41.8 Å². The quantitative estimate of drug-likeness (QED) is 0.275. The van der Waals surface area contributed by atoms with E-state index in [0.717, 1.165) is 40.7 Å². The summed E-state index contributed by atoms with van der Waals surface area (Å²) in [6, 6.07) is 17.1. The van der Waals surface area contributed by atoms with E-state index in [-0.39, 0.29) is 4.71 Å². The Morgan fingerprint density at radius 3 is 2.68 bits per heavy atom. The van der Waals surface area contributed by atoms with Gasteiger partial charge < -0.3 is 4.90 Å². The zero-order valence-corrected chi connectivity index (χ0v) is 27.1. The summed E-state index contributed by atoms with van der Waals surface area (Å²) < 4.78 is 1.27. The minimum Gasteiger partial charge on any atom is -0.348 e. The summed E-state index contributed by atoms with van der Waals surface area (Å²) in [6.45, 7) is 10.2. The lowest BCUT2D eigenvalue weighted by Gasteiger charge is -2.23. The molecule has 4 nitrogen and oxygen atoms in total. The Morgan fingerprint density at radius 1 is 1.17 bits per heavy atom. The van der Waals surface area contributed by atoms with Gasteiger partial charge >= 0.3 is 0 Å². The van der Waals surface area contributed by atoms with Crippen molar-refractivity contribution >= 4 is 57.1 Å². The maximum atomic E-state index is 4.73. The van der Waals surface area contributed by atoms with Crippen LogP contribution >= 0.6 is 35.3 Å². The van der Waals surface area contributed by atoms with Gasteiger partial charge in [-0.2, -0.15) is 5.10 Å². The van der Waals surface area contributed by atoms with E-state index in [1.54, 1.807) is 11.8 Å². The summed E-state index contributed by atoms with van der Waals surface area (Å²) in [4.78, 5) is 7.91. The lowest BCUT2D eigenvalue weighted by atomic mass is 9.94. The third-order valence-corrected chi connectivity index (χ3v) is 10.9. The highest BCUT2D eigenvalue weighted by Gasteiger charge is 2.25. The Morgan fingerprint density at radius 2 is 1.95 bits per heavy atom. The van der Waals surface area contributed by atoms with E-state index in [1.165, 1.54) is 38.6 Å². The summed E-state index contributed by atoms with van der Waals surface area (Å²) in [5, 5.41) is 4.73. The number of allylic oxidation sites excluding steroid dienone is 7. The van der Waals surface area contributed by atoms with Gasteiger partial charge in [0.1, 0.15) is 4.71 Å². The molecule has 41 heavy (non-hydrogen) atoms. The van der Waals surface area contributed by atoms with E-state index in [1.807, 2.05) is 43.6 Å². The van der Waals surface area contributed by atoms with Crippen LogP contribution in [0.4, 0.5) is 5.69 Å². The third kappa shape index (κ3) is 8.81. The number of hydrogen-bond acceptors (Lipinski definition) is 7. The molecule has 0 bridgehead atoms. The van der Waals surface area contributed by atoms with Gasteiger partial charge in [-0.3, -0.25) is 10.4 Å². The molecule has 1 unspecified atom stereocenters. The Hall–Kier alpha value is -2.87. The molecule has 214 valence electrons. The van der Waals surface area contributed by atoms with Gasteiger partial charge in [-0.15, -0.1) is 11.8 Å². The minimum absolute atomic E-state index is 0.201. The predicted molar refractivity (Wildman–Crippen MR) is 188 cm³/mol. The first kappa shape index (κ1) is 31.1. The first-order valence-corrected chi connectivity index (χ1v) is 16.6. The average Bonchev–Trinajstić information content (AvgIpc) is 3.45. The van der Waals surface area contributed by atoms with Crippen LogP contribution in [-0.4, -0.2) is 28.9 Å². The van der Waals surface area contributed by atoms with Gasteiger partial charge in [0.05, 0.1) is 0 Å². The van der Waals surface area contributed by atoms with E-state index < -0.39 is 0 Å². The monoisotopic (exact) mass is 600 g/mol. The summed E-state index contributed by atoms with van der Waals surface area (Å²) in [5.74, 6) is 0.936. The maximum Gasteiger partial charge on any atom is 0.157 e. The Bertz CT molecular complexity index is 1410. The number of para-hydroxylation sites is 1. The number of thioether (sulfide) groups is 3. The molecule has 4 rings (SSSR count). The molecular weight excluding hydrogens is 561 g/mol. The third-order valence-electron chi connectivity index (χ3n) is 7.16. The number of anilines is 1.